The molecule has 0 saturated heterocycles. The fourth-order valence-electron chi connectivity index (χ4n) is 3.79. The molecule has 0 aromatic carbocycles. The number of carbonyl (C=O) groups is 1. The number of furan rings is 1. The predicted octanol–water partition coefficient (Wildman–Crippen LogP) is 3.12. The average molecular weight is 410 g/mol. The zero-order valence-electron chi connectivity index (χ0n) is 16.3. The van der Waals surface area contributed by atoms with Gasteiger partial charge in [-0.3, -0.25) is 14.2 Å². The lowest BCUT2D eigenvalue weighted by Gasteiger charge is -2.21. The Kier molecular flexibility index (Phi) is 5.49. The minimum atomic E-state index is -0.238. The van der Waals surface area contributed by atoms with E-state index < -0.39 is 0 Å². The van der Waals surface area contributed by atoms with Gasteiger partial charge < -0.3 is 9.32 Å². The fourth-order valence-corrected chi connectivity index (χ4v) is 5.13. The van der Waals surface area contributed by atoms with Crippen molar-refractivity contribution in [1.29, 1.82) is 5.26 Å². The van der Waals surface area contributed by atoms with Gasteiger partial charge in [0.05, 0.1) is 37.0 Å². The number of rotatable bonds is 6. The average Bonchev–Trinajstić information content (AvgIpc) is 3.34. The van der Waals surface area contributed by atoms with Crippen molar-refractivity contribution < 1.29 is 9.21 Å². The lowest BCUT2D eigenvalue weighted by Crippen LogP contribution is -2.36. The summed E-state index contributed by atoms with van der Waals surface area (Å²) in [4.78, 5) is 34.0. The van der Waals surface area contributed by atoms with E-state index in [1.807, 2.05) is 0 Å². The largest absolute Gasteiger partial charge is 0.467 e. The summed E-state index contributed by atoms with van der Waals surface area (Å²) >= 11 is 1.60. The van der Waals surface area contributed by atoms with Crippen molar-refractivity contribution in [2.75, 3.05) is 6.54 Å². The van der Waals surface area contributed by atoms with Crippen molar-refractivity contribution >= 4 is 27.5 Å². The molecule has 150 valence electrons. The van der Waals surface area contributed by atoms with Crippen molar-refractivity contribution in [1.82, 2.24) is 14.5 Å². The minimum Gasteiger partial charge on any atom is -0.467 e. The highest BCUT2D eigenvalue weighted by Crippen LogP contribution is 2.35. The molecule has 0 bridgehead atoms. The second kappa shape index (κ2) is 8.21. The van der Waals surface area contributed by atoms with E-state index >= 15 is 0 Å². The smallest absolute Gasteiger partial charge is 0.262 e. The van der Waals surface area contributed by atoms with Gasteiger partial charge in [-0.1, -0.05) is 6.92 Å². The zero-order valence-corrected chi connectivity index (χ0v) is 17.1. The van der Waals surface area contributed by atoms with Gasteiger partial charge in [0.2, 0.25) is 5.91 Å². The van der Waals surface area contributed by atoms with Crippen LogP contribution in [0, 0.1) is 17.2 Å². The molecule has 0 saturated carbocycles. The first-order valence-corrected chi connectivity index (χ1v) is 10.5. The van der Waals surface area contributed by atoms with Crippen LogP contribution in [0.25, 0.3) is 10.2 Å². The Morgan fingerprint density at radius 3 is 3.14 bits per heavy atom. The molecule has 0 aliphatic heterocycles. The van der Waals surface area contributed by atoms with Crippen molar-refractivity contribution in [3.05, 3.63) is 51.3 Å². The maximum atomic E-state index is 13.1. The molecule has 29 heavy (non-hydrogen) atoms. The molecule has 3 heterocycles. The number of nitrogens with zero attached hydrogens (tertiary/aromatic N) is 4. The monoisotopic (exact) mass is 410 g/mol. The van der Waals surface area contributed by atoms with E-state index in [2.05, 4.69) is 18.0 Å². The van der Waals surface area contributed by atoms with Crippen LogP contribution in [0.4, 0.5) is 0 Å². The third-order valence-corrected chi connectivity index (χ3v) is 6.52. The zero-order chi connectivity index (χ0) is 20.4. The Balaban J connectivity index is 1.60. The van der Waals surface area contributed by atoms with Crippen LogP contribution < -0.4 is 5.56 Å². The second-order valence-corrected chi connectivity index (χ2v) is 8.60. The van der Waals surface area contributed by atoms with Gasteiger partial charge in [-0.05, 0) is 42.9 Å². The summed E-state index contributed by atoms with van der Waals surface area (Å²) in [5.41, 5.74) is 0.952. The van der Waals surface area contributed by atoms with E-state index in [1.165, 1.54) is 15.8 Å². The van der Waals surface area contributed by atoms with Gasteiger partial charge in [0, 0.05) is 11.4 Å². The van der Waals surface area contributed by atoms with Crippen molar-refractivity contribution in [2.24, 2.45) is 5.92 Å². The highest BCUT2D eigenvalue weighted by Gasteiger charge is 2.24. The van der Waals surface area contributed by atoms with Crippen LogP contribution in [0.3, 0.4) is 0 Å². The van der Waals surface area contributed by atoms with Crippen LogP contribution in [0.15, 0.2) is 33.9 Å². The normalized spacial score (nSPS) is 15.8. The van der Waals surface area contributed by atoms with Crippen molar-refractivity contribution in [3.8, 4) is 6.07 Å². The summed E-state index contributed by atoms with van der Waals surface area (Å²) in [5.74, 6) is 1.02. The third-order valence-electron chi connectivity index (χ3n) is 5.36. The molecule has 0 radical (unpaired) electrons. The molecule has 3 aromatic heterocycles. The lowest BCUT2D eigenvalue weighted by atomic mass is 9.89. The molecule has 1 atom stereocenters. The van der Waals surface area contributed by atoms with Gasteiger partial charge in [-0.25, -0.2) is 4.98 Å². The summed E-state index contributed by atoms with van der Waals surface area (Å²) < 4.78 is 6.72. The number of amides is 1. The van der Waals surface area contributed by atoms with Crippen molar-refractivity contribution in [3.63, 3.8) is 0 Å². The fraction of sp³-hybridized carbons (Fsp3) is 0.429. The van der Waals surface area contributed by atoms with Gasteiger partial charge in [-0.15, -0.1) is 11.3 Å². The molecule has 1 aliphatic rings. The molecule has 0 spiro atoms. The van der Waals surface area contributed by atoms with E-state index in [9.17, 15) is 9.59 Å². The van der Waals surface area contributed by atoms with Crippen LogP contribution in [0.5, 0.6) is 0 Å². The molecule has 1 amide bonds. The van der Waals surface area contributed by atoms with E-state index in [0.717, 1.165) is 29.7 Å². The number of aromatic nitrogens is 2. The van der Waals surface area contributed by atoms with E-state index in [1.54, 1.807) is 34.6 Å². The van der Waals surface area contributed by atoms with Crippen molar-refractivity contribution in [2.45, 2.75) is 45.7 Å². The Bertz CT molecular complexity index is 1120. The summed E-state index contributed by atoms with van der Waals surface area (Å²) in [6.45, 7) is 2.68. The number of aryl methyl sites for hydroxylation is 1. The summed E-state index contributed by atoms with van der Waals surface area (Å²) in [6.07, 6.45) is 6.17. The molecule has 0 fully saturated rings. The van der Waals surface area contributed by atoms with E-state index in [4.69, 9.17) is 9.68 Å². The molecule has 4 rings (SSSR count). The second-order valence-electron chi connectivity index (χ2n) is 7.51. The molecule has 0 N–H and O–H groups in total. The van der Waals surface area contributed by atoms with Crippen LogP contribution in [-0.4, -0.2) is 26.9 Å². The molecule has 1 aliphatic carbocycles. The molecule has 1 unspecified atom stereocenters. The molecular weight excluding hydrogens is 388 g/mol. The SMILES string of the molecule is CC1CCc2c(sc3ncn(CC(=O)N(CCC#N)Cc4ccco4)c(=O)c23)C1. The van der Waals surface area contributed by atoms with E-state index in [0.29, 0.717) is 17.1 Å². The first-order chi connectivity index (χ1) is 14.1. The predicted molar refractivity (Wildman–Crippen MR) is 109 cm³/mol. The number of hydrogen-bond donors (Lipinski definition) is 0. The Labute approximate surface area is 172 Å². The highest BCUT2D eigenvalue weighted by atomic mass is 32.1. The number of thiophene rings is 1. The number of hydrogen-bond acceptors (Lipinski definition) is 6. The summed E-state index contributed by atoms with van der Waals surface area (Å²) in [6, 6.07) is 5.60. The topological polar surface area (TPSA) is 92.1 Å². The summed E-state index contributed by atoms with van der Waals surface area (Å²) in [7, 11) is 0. The molecule has 3 aromatic rings. The maximum Gasteiger partial charge on any atom is 0.262 e. The highest BCUT2D eigenvalue weighted by molar-refractivity contribution is 7.18. The van der Waals surface area contributed by atoms with Crippen LogP contribution in [-0.2, 0) is 30.7 Å². The number of carbonyl (C=O) groups excluding carboxylic acids is 1. The third kappa shape index (κ3) is 3.96. The van der Waals surface area contributed by atoms with Crippen LogP contribution in [0.1, 0.15) is 36.0 Å². The Hall–Kier alpha value is -2.92. The Morgan fingerprint density at radius 2 is 2.38 bits per heavy atom. The summed E-state index contributed by atoms with van der Waals surface area (Å²) in [5, 5.41) is 9.58. The van der Waals surface area contributed by atoms with Gasteiger partial charge in [-0.2, -0.15) is 5.26 Å². The first-order valence-electron chi connectivity index (χ1n) is 9.73. The van der Waals surface area contributed by atoms with Gasteiger partial charge in [0.25, 0.3) is 5.56 Å². The lowest BCUT2D eigenvalue weighted by molar-refractivity contribution is -0.132. The van der Waals surface area contributed by atoms with E-state index in [-0.39, 0.29) is 37.5 Å². The maximum absolute atomic E-state index is 13.1. The first kappa shape index (κ1) is 19.4. The molecular formula is C21H22N4O3S. The number of fused-ring (bicyclic) bond motifs is 3. The molecule has 8 heteroatoms. The number of nitriles is 1. The molecule has 7 nitrogen and oxygen atoms in total. The quantitative estimate of drug-likeness (QED) is 0.623. The van der Waals surface area contributed by atoms with Gasteiger partial charge >= 0.3 is 0 Å². The minimum absolute atomic E-state index is 0.102. The van der Waals surface area contributed by atoms with Gasteiger partial charge in [0.1, 0.15) is 17.1 Å². The Morgan fingerprint density at radius 1 is 1.52 bits per heavy atom. The van der Waals surface area contributed by atoms with Gasteiger partial charge in [0.15, 0.2) is 0 Å². The van der Waals surface area contributed by atoms with Crippen LogP contribution >= 0.6 is 11.3 Å². The standard InChI is InChI=1S/C21H22N4O3S/c1-14-5-6-16-17(10-14)29-20-19(16)21(27)25(13-23-20)12-18(26)24(8-3-7-22)11-15-4-2-9-28-15/h2,4,9,13-14H,3,5-6,8,10-12H2,1H3. The van der Waals surface area contributed by atoms with Crippen LogP contribution in [0.2, 0.25) is 0 Å².